The number of rotatable bonds is 9. The van der Waals surface area contributed by atoms with Gasteiger partial charge >= 0.3 is 0 Å². The lowest BCUT2D eigenvalue weighted by atomic mass is 10.3. The first-order chi connectivity index (χ1) is 8.96. The number of hydrogen-bond donors (Lipinski definition) is 2. The Balaban J connectivity index is 3.85. The van der Waals surface area contributed by atoms with Gasteiger partial charge in [0.1, 0.15) is 0 Å². The minimum absolute atomic E-state index is 0.127. The second-order valence-electron chi connectivity index (χ2n) is 4.40. The molecule has 0 unspecified atom stereocenters. The SMILES string of the molecule is CCCCN(C)C(=NC)NCCCNS(=O)(=O)CC. The Morgan fingerprint density at radius 2 is 1.89 bits per heavy atom. The zero-order chi connectivity index (χ0) is 14.7. The van der Waals surface area contributed by atoms with Gasteiger partial charge in [-0.2, -0.15) is 0 Å². The molecule has 0 heterocycles. The average molecular weight is 292 g/mol. The van der Waals surface area contributed by atoms with Gasteiger partial charge < -0.3 is 10.2 Å². The first kappa shape index (κ1) is 18.2. The summed E-state index contributed by atoms with van der Waals surface area (Å²) in [6.07, 6.45) is 3.02. The van der Waals surface area contributed by atoms with Crippen molar-refractivity contribution in [1.82, 2.24) is 14.9 Å². The van der Waals surface area contributed by atoms with E-state index in [1.165, 1.54) is 0 Å². The Morgan fingerprint density at radius 3 is 2.42 bits per heavy atom. The van der Waals surface area contributed by atoms with Crippen LogP contribution in [0.5, 0.6) is 0 Å². The fraction of sp³-hybridized carbons (Fsp3) is 0.917. The minimum Gasteiger partial charge on any atom is -0.356 e. The third kappa shape index (κ3) is 8.83. The van der Waals surface area contributed by atoms with Crippen LogP contribution in [-0.2, 0) is 10.0 Å². The number of aliphatic imine (C=N–C) groups is 1. The second-order valence-corrected chi connectivity index (χ2v) is 6.50. The zero-order valence-electron chi connectivity index (χ0n) is 12.6. The molecular weight excluding hydrogens is 264 g/mol. The molecule has 0 bridgehead atoms. The quantitative estimate of drug-likeness (QED) is 0.371. The van der Waals surface area contributed by atoms with E-state index < -0.39 is 10.0 Å². The van der Waals surface area contributed by atoms with E-state index in [1.807, 2.05) is 7.05 Å². The number of sulfonamides is 1. The van der Waals surface area contributed by atoms with E-state index >= 15 is 0 Å². The van der Waals surface area contributed by atoms with Gasteiger partial charge in [-0.1, -0.05) is 13.3 Å². The average Bonchev–Trinajstić information content (AvgIpc) is 2.40. The maximum absolute atomic E-state index is 11.2. The van der Waals surface area contributed by atoms with Crippen molar-refractivity contribution < 1.29 is 8.42 Å². The third-order valence-electron chi connectivity index (χ3n) is 2.76. The monoisotopic (exact) mass is 292 g/mol. The van der Waals surface area contributed by atoms with Crippen LogP contribution in [0.3, 0.4) is 0 Å². The van der Waals surface area contributed by atoms with Crippen LogP contribution in [0.4, 0.5) is 0 Å². The lowest BCUT2D eigenvalue weighted by Crippen LogP contribution is -2.40. The van der Waals surface area contributed by atoms with Crippen molar-refractivity contribution in [3.8, 4) is 0 Å². The molecule has 0 spiro atoms. The van der Waals surface area contributed by atoms with Gasteiger partial charge in [0.15, 0.2) is 5.96 Å². The molecule has 19 heavy (non-hydrogen) atoms. The van der Waals surface area contributed by atoms with E-state index in [0.717, 1.165) is 31.8 Å². The van der Waals surface area contributed by atoms with Crippen molar-refractivity contribution in [2.24, 2.45) is 4.99 Å². The molecule has 7 heteroatoms. The molecular formula is C12H28N4O2S. The normalized spacial score (nSPS) is 12.5. The molecule has 0 aliphatic heterocycles. The molecule has 0 atom stereocenters. The highest BCUT2D eigenvalue weighted by Gasteiger charge is 2.06. The molecule has 0 aliphatic carbocycles. The van der Waals surface area contributed by atoms with Crippen molar-refractivity contribution in [3.05, 3.63) is 0 Å². The van der Waals surface area contributed by atoms with E-state index in [1.54, 1.807) is 14.0 Å². The summed E-state index contributed by atoms with van der Waals surface area (Å²) in [7, 11) is 0.687. The van der Waals surface area contributed by atoms with Crippen molar-refractivity contribution >= 4 is 16.0 Å². The summed E-state index contributed by atoms with van der Waals surface area (Å²) >= 11 is 0. The van der Waals surface area contributed by atoms with Gasteiger partial charge in [-0.3, -0.25) is 4.99 Å². The standard InChI is InChI=1S/C12H28N4O2S/c1-5-7-11-16(4)12(13-3)14-9-8-10-15-19(17,18)6-2/h15H,5-11H2,1-4H3,(H,13,14). The van der Waals surface area contributed by atoms with Gasteiger partial charge in [0, 0.05) is 33.7 Å². The topological polar surface area (TPSA) is 73.8 Å². The summed E-state index contributed by atoms with van der Waals surface area (Å²) < 4.78 is 25.0. The van der Waals surface area contributed by atoms with Gasteiger partial charge in [0.25, 0.3) is 0 Å². The molecule has 0 aromatic rings. The Morgan fingerprint density at radius 1 is 1.21 bits per heavy atom. The van der Waals surface area contributed by atoms with E-state index in [4.69, 9.17) is 0 Å². The third-order valence-corrected chi connectivity index (χ3v) is 4.16. The van der Waals surface area contributed by atoms with Gasteiger partial charge in [-0.25, -0.2) is 13.1 Å². The summed E-state index contributed by atoms with van der Waals surface area (Å²) in [5.74, 6) is 0.980. The van der Waals surface area contributed by atoms with Gasteiger partial charge in [0.05, 0.1) is 5.75 Å². The number of nitrogens with zero attached hydrogens (tertiary/aromatic N) is 2. The largest absolute Gasteiger partial charge is 0.356 e. The number of hydrogen-bond acceptors (Lipinski definition) is 3. The summed E-state index contributed by atoms with van der Waals surface area (Å²) in [5, 5.41) is 3.22. The summed E-state index contributed by atoms with van der Waals surface area (Å²) in [5.41, 5.74) is 0. The maximum Gasteiger partial charge on any atom is 0.211 e. The van der Waals surface area contributed by atoms with Crippen LogP contribution < -0.4 is 10.0 Å². The van der Waals surface area contributed by atoms with Crippen molar-refractivity contribution in [2.75, 3.05) is 39.5 Å². The number of unbranched alkanes of at least 4 members (excludes halogenated alkanes) is 1. The van der Waals surface area contributed by atoms with Crippen LogP contribution in [-0.4, -0.2) is 58.8 Å². The van der Waals surface area contributed by atoms with Crippen molar-refractivity contribution in [3.63, 3.8) is 0 Å². The maximum atomic E-state index is 11.2. The van der Waals surface area contributed by atoms with Crippen LogP contribution in [0, 0.1) is 0 Å². The van der Waals surface area contributed by atoms with Gasteiger partial charge in [-0.05, 0) is 19.8 Å². The van der Waals surface area contributed by atoms with Crippen LogP contribution in [0.15, 0.2) is 4.99 Å². The molecule has 0 amide bonds. The Bertz CT molecular complexity index is 355. The highest BCUT2D eigenvalue weighted by Crippen LogP contribution is 1.92. The number of nitrogens with one attached hydrogen (secondary N) is 2. The predicted molar refractivity (Wildman–Crippen MR) is 81.0 cm³/mol. The molecule has 0 fully saturated rings. The van der Waals surface area contributed by atoms with E-state index in [2.05, 4.69) is 26.9 Å². The molecule has 6 nitrogen and oxygen atoms in total. The van der Waals surface area contributed by atoms with Crippen LogP contribution >= 0.6 is 0 Å². The summed E-state index contributed by atoms with van der Waals surface area (Å²) in [6, 6.07) is 0. The van der Waals surface area contributed by atoms with Crippen molar-refractivity contribution in [2.45, 2.75) is 33.1 Å². The smallest absolute Gasteiger partial charge is 0.211 e. The fourth-order valence-electron chi connectivity index (χ4n) is 1.50. The summed E-state index contributed by atoms with van der Waals surface area (Å²) in [4.78, 5) is 6.28. The Kier molecular flexibility index (Phi) is 9.59. The van der Waals surface area contributed by atoms with Gasteiger partial charge in [-0.15, -0.1) is 0 Å². The highest BCUT2D eigenvalue weighted by atomic mass is 32.2. The Labute approximate surface area is 117 Å². The van der Waals surface area contributed by atoms with Crippen LogP contribution in [0.1, 0.15) is 33.1 Å². The first-order valence-corrected chi connectivity index (χ1v) is 8.51. The molecule has 0 saturated heterocycles. The molecule has 114 valence electrons. The highest BCUT2D eigenvalue weighted by molar-refractivity contribution is 7.89. The minimum atomic E-state index is -3.07. The zero-order valence-corrected chi connectivity index (χ0v) is 13.4. The Hall–Kier alpha value is -0.820. The molecule has 2 N–H and O–H groups in total. The molecule has 0 aromatic carbocycles. The second kappa shape index (κ2) is 10.0. The van der Waals surface area contributed by atoms with E-state index in [-0.39, 0.29) is 5.75 Å². The molecule has 0 aliphatic rings. The molecule has 0 saturated carbocycles. The lowest BCUT2D eigenvalue weighted by molar-refractivity contribution is 0.464. The molecule has 0 radical (unpaired) electrons. The van der Waals surface area contributed by atoms with E-state index in [9.17, 15) is 8.42 Å². The number of guanidine groups is 1. The van der Waals surface area contributed by atoms with Crippen LogP contribution in [0.25, 0.3) is 0 Å². The fourth-order valence-corrected chi connectivity index (χ4v) is 2.16. The first-order valence-electron chi connectivity index (χ1n) is 6.86. The predicted octanol–water partition coefficient (Wildman–Crippen LogP) is 0.623. The van der Waals surface area contributed by atoms with E-state index in [0.29, 0.717) is 13.1 Å². The van der Waals surface area contributed by atoms with Gasteiger partial charge in [0.2, 0.25) is 10.0 Å². The molecule has 0 aromatic heterocycles. The molecule has 0 rings (SSSR count). The van der Waals surface area contributed by atoms with Crippen molar-refractivity contribution in [1.29, 1.82) is 0 Å². The lowest BCUT2D eigenvalue weighted by Gasteiger charge is -2.21. The summed E-state index contributed by atoms with van der Waals surface area (Å²) in [6.45, 7) is 5.92. The van der Waals surface area contributed by atoms with Crippen LogP contribution in [0.2, 0.25) is 0 Å².